The molecule has 5 rings (SSSR count). The molecule has 204 valence electrons. The maximum Gasteiger partial charge on any atom is 0.231 e. The number of nitrogens with one attached hydrogen (secondary N) is 1. The SMILES string of the molecule is CN(c1ccc(S(C)(=O)=O)cc1)c1nccc(N(C)c2cccc3c2nc(NC(=O)Cc2ccccc2)n3C)n1. The molecule has 2 aromatic heterocycles. The highest BCUT2D eigenvalue weighted by atomic mass is 32.2. The molecule has 0 radical (unpaired) electrons. The van der Waals surface area contributed by atoms with Crippen LogP contribution in [0.3, 0.4) is 0 Å². The zero-order valence-electron chi connectivity index (χ0n) is 22.6. The maximum absolute atomic E-state index is 12.7. The maximum atomic E-state index is 12.7. The minimum Gasteiger partial charge on any atom is -0.327 e. The van der Waals surface area contributed by atoms with Crippen molar-refractivity contribution < 1.29 is 13.2 Å². The number of aryl methyl sites for hydroxylation is 1. The Balaban J connectivity index is 1.40. The van der Waals surface area contributed by atoms with Gasteiger partial charge in [0.1, 0.15) is 11.3 Å². The summed E-state index contributed by atoms with van der Waals surface area (Å²) >= 11 is 0. The van der Waals surface area contributed by atoms with Crippen LogP contribution in [0.25, 0.3) is 11.0 Å². The molecule has 0 bridgehead atoms. The summed E-state index contributed by atoms with van der Waals surface area (Å²) in [5.74, 6) is 1.39. The van der Waals surface area contributed by atoms with E-state index in [2.05, 4.69) is 10.3 Å². The van der Waals surface area contributed by atoms with Crippen LogP contribution in [0, 0.1) is 0 Å². The molecule has 3 aromatic carbocycles. The number of sulfone groups is 1. The van der Waals surface area contributed by atoms with E-state index in [1.165, 1.54) is 6.26 Å². The van der Waals surface area contributed by atoms with Gasteiger partial charge in [-0.2, -0.15) is 4.98 Å². The lowest BCUT2D eigenvalue weighted by Crippen LogP contribution is -2.17. The molecule has 0 spiro atoms. The molecule has 2 heterocycles. The summed E-state index contributed by atoms with van der Waals surface area (Å²) in [4.78, 5) is 30.6. The van der Waals surface area contributed by atoms with E-state index in [9.17, 15) is 13.2 Å². The molecule has 1 N–H and O–H groups in total. The minimum absolute atomic E-state index is 0.146. The van der Waals surface area contributed by atoms with Gasteiger partial charge in [-0.15, -0.1) is 0 Å². The first-order valence-electron chi connectivity index (χ1n) is 12.5. The summed E-state index contributed by atoms with van der Waals surface area (Å²) in [5.41, 5.74) is 4.05. The molecule has 5 aromatic rings. The van der Waals surface area contributed by atoms with E-state index in [4.69, 9.17) is 9.97 Å². The van der Waals surface area contributed by atoms with Gasteiger partial charge < -0.3 is 14.4 Å². The first-order chi connectivity index (χ1) is 19.1. The molecular formula is C29H29N7O3S. The predicted octanol–water partition coefficient (Wildman–Crippen LogP) is 4.48. The van der Waals surface area contributed by atoms with Gasteiger partial charge in [-0.1, -0.05) is 36.4 Å². The fraction of sp³-hybridized carbons (Fsp3) is 0.172. The van der Waals surface area contributed by atoms with Gasteiger partial charge in [0.2, 0.25) is 17.8 Å². The molecule has 0 aliphatic rings. The normalized spacial score (nSPS) is 11.4. The molecule has 0 saturated carbocycles. The highest BCUT2D eigenvalue weighted by Gasteiger charge is 2.18. The Morgan fingerprint density at radius 1 is 0.900 bits per heavy atom. The van der Waals surface area contributed by atoms with Crippen molar-refractivity contribution in [3.05, 3.63) is 90.6 Å². The highest BCUT2D eigenvalue weighted by molar-refractivity contribution is 7.90. The van der Waals surface area contributed by atoms with Gasteiger partial charge in [-0.3, -0.25) is 10.1 Å². The Bertz CT molecular complexity index is 1790. The zero-order valence-corrected chi connectivity index (χ0v) is 23.4. The molecule has 1 amide bonds. The molecule has 11 heteroatoms. The van der Waals surface area contributed by atoms with Crippen LogP contribution < -0.4 is 15.1 Å². The van der Waals surface area contributed by atoms with Gasteiger partial charge in [0, 0.05) is 39.3 Å². The summed E-state index contributed by atoms with van der Waals surface area (Å²) in [6.07, 6.45) is 3.10. The van der Waals surface area contributed by atoms with E-state index >= 15 is 0 Å². The number of carbonyl (C=O) groups is 1. The van der Waals surface area contributed by atoms with Crippen LogP contribution in [0.5, 0.6) is 0 Å². The Labute approximate surface area is 232 Å². The standard InChI is InChI=1S/C29H29N7O3S/c1-34(21-13-15-22(16-14-21)40(4,38)39)28-30-18-17-25(31-28)35(2)23-11-8-12-24-27(23)33-29(36(24)3)32-26(37)19-20-9-6-5-7-10-20/h5-18H,19H2,1-4H3,(H,32,33,37). The van der Waals surface area contributed by atoms with Crippen LogP contribution in [-0.4, -0.2) is 54.2 Å². The average molecular weight is 556 g/mol. The van der Waals surface area contributed by atoms with E-state index < -0.39 is 9.84 Å². The number of amides is 1. The molecule has 0 unspecified atom stereocenters. The monoisotopic (exact) mass is 555 g/mol. The highest BCUT2D eigenvalue weighted by Crippen LogP contribution is 2.32. The van der Waals surface area contributed by atoms with E-state index in [0.717, 1.165) is 22.5 Å². The van der Waals surface area contributed by atoms with Crippen LogP contribution in [0.2, 0.25) is 0 Å². The second-order valence-electron chi connectivity index (χ2n) is 9.45. The van der Waals surface area contributed by atoms with E-state index in [0.29, 0.717) is 23.2 Å². The third kappa shape index (κ3) is 5.50. The zero-order chi connectivity index (χ0) is 28.4. The van der Waals surface area contributed by atoms with Crippen molar-refractivity contribution in [3.63, 3.8) is 0 Å². The number of benzene rings is 3. The summed E-state index contributed by atoms with van der Waals surface area (Å²) < 4.78 is 25.5. The fourth-order valence-corrected chi connectivity index (χ4v) is 5.01. The van der Waals surface area contributed by atoms with Gasteiger partial charge in [0.25, 0.3) is 0 Å². The van der Waals surface area contributed by atoms with Gasteiger partial charge in [0.15, 0.2) is 9.84 Å². The molecule has 0 fully saturated rings. The number of hydrogen-bond donors (Lipinski definition) is 1. The number of hydrogen-bond acceptors (Lipinski definition) is 8. The summed E-state index contributed by atoms with van der Waals surface area (Å²) in [7, 11) is 2.29. The molecule has 10 nitrogen and oxygen atoms in total. The van der Waals surface area contributed by atoms with Crippen LogP contribution in [-0.2, 0) is 28.1 Å². The molecule has 40 heavy (non-hydrogen) atoms. The third-order valence-corrected chi connectivity index (χ3v) is 7.76. The Kier molecular flexibility index (Phi) is 7.22. The predicted molar refractivity (Wildman–Crippen MR) is 157 cm³/mol. The van der Waals surface area contributed by atoms with Gasteiger partial charge in [-0.05, 0) is 48.0 Å². The van der Waals surface area contributed by atoms with Crippen molar-refractivity contribution in [2.24, 2.45) is 7.05 Å². The Morgan fingerprint density at radius 2 is 1.62 bits per heavy atom. The lowest BCUT2D eigenvalue weighted by molar-refractivity contribution is -0.115. The van der Waals surface area contributed by atoms with E-state index in [1.807, 2.05) is 79.1 Å². The second-order valence-corrected chi connectivity index (χ2v) is 11.5. The number of carbonyl (C=O) groups excluding carboxylic acids is 1. The van der Waals surface area contributed by atoms with Crippen LogP contribution in [0.4, 0.5) is 29.1 Å². The number of aromatic nitrogens is 4. The second kappa shape index (κ2) is 10.8. The number of fused-ring (bicyclic) bond motifs is 1. The fourth-order valence-electron chi connectivity index (χ4n) is 4.38. The van der Waals surface area contributed by atoms with Crippen molar-refractivity contribution in [1.29, 1.82) is 0 Å². The quantitative estimate of drug-likeness (QED) is 0.298. The first-order valence-corrected chi connectivity index (χ1v) is 14.4. The van der Waals surface area contributed by atoms with Gasteiger partial charge >= 0.3 is 0 Å². The summed E-state index contributed by atoms with van der Waals surface area (Å²) in [6.45, 7) is 0. The van der Waals surface area contributed by atoms with Crippen LogP contribution in [0.1, 0.15) is 5.56 Å². The topological polar surface area (TPSA) is 113 Å². The largest absolute Gasteiger partial charge is 0.327 e. The lowest BCUT2D eigenvalue weighted by atomic mass is 10.1. The lowest BCUT2D eigenvalue weighted by Gasteiger charge is -2.22. The summed E-state index contributed by atoms with van der Waals surface area (Å²) in [6, 6.07) is 23.8. The minimum atomic E-state index is -3.29. The Morgan fingerprint density at radius 3 is 2.33 bits per heavy atom. The molecule has 0 aliphatic heterocycles. The smallest absolute Gasteiger partial charge is 0.231 e. The third-order valence-electron chi connectivity index (χ3n) is 6.63. The molecule has 0 aliphatic carbocycles. The Hall–Kier alpha value is -4.77. The number of anilines is 5. The van der Waals surface area contributed by atoms with Crippen molar-refractivity contribution in [1.82, 2.24) is 19.5 Å². The average Bonchev–Trinajstić information content (AvgIpc) is 3.27. The van der Waals surface area contributed by atoms with Gasteiger partial charge in [0.05, 0.1) is 22.5 Å². The van der Waals surface area contributed by atoms with E-state index in [-0.39, 0.29) is 17.2 Å². The number of para-hydroxylation sites is 1. The first kappa shape index (κ1) is 26.8. The molecular weight excluding hydrogens is 526 g/mol. The van der Waals surface area contributed by atoms with E-state index in [1.54, 1.807) is 41.4 Å². The molecule has 0 saturated heterocycles. The van der Waals surface area contributed by atoms with Crippen molar-refractivity contribution in [3.8, 4) is 0 Å². The van der Waals surface area contributed by atoms with Crippen LogP contribution >= 0.6 is 0 Å². The number of nitrogens with zero attached hydrogens (tertiary/aromatic N) is 6. The number of rotatable bonds is 8. The van der Waals surface area contributed by atoms with Crippen molar-refractivity contribution >= 4 is 55.9 Å². The van der Waals surface area contributed by atoms with Crippen molar-refractivity contribution in [2.45, 2.75) is 11.3 Å². The van der Waals surface area contributed by atoms with Crippen molar-refractivity contribution in [2.75, 3.05) is 35.5 Å². The van der Waals surface area contributed by atoms with Crippen LogP contribution in [0.15, 0.2) is 90.0 Å². The number of imidazole rings is 1. The summed E-state index contributed by atoms with van der Waals surface area (Å²) in [5, 5.41) is 2.93. The van der Waals surface area contributed by atoms with Gasteiger partial charge in [-0.25, -0.2) is 18.4 Å². The molecule has 0 atom stereocenters.